The molecule has 0 unspecified atom stereocenters. The van der Waals surface area contributed by atoms with Crippen molar-refractivity contribution in [1.82, 2.24) is 55.6 Å². The Kier molecular flexibility index (Phi) is 48.1. The summed E-state index contributed by atoms with van der Waals surface area (Å²) in [6.07, 6.45) is 54.8. The van der Waals surface area contributed by atoms with E-state index in [-0.39, 0.29) is 89.4 Å². The highest BCUT2D eigenvalue weighted by Crippen LogP contribution is 2.20. The van der Waals surface area contributed by atoms with Gasteiger partial charge in [0.1, 0.15) is 5.00 Å². The van der Waals surface area contributed by atoms with Crippen LogP contribution in [0.25, 0.3) is 0 Å². The molecule has 9 rings (SSSR count). The molecule has 648 valence electrons. The normalized spacial score (nSPS) is 15.3. The maximum atomic E-state index is 7.75. The summed E-state index contributed by atoms with van der Waals surface area (Å²) in [6, 6.07) is 3.76. The number of nitrogens with one attached hydrogen (secondary N) is 10. The van der Waals surface area contributed by atoms with Crippen LogP contribution >= 0.6 is 11.3 Å². The van der Waals surface area contributed by atoms with Gasteiger partial charge in [-0.3, -0.25) is 73.2 Å². The molecule has 0 aromatic carbocycles. The number of allylic oxidation sites excluding steroid dienone is 24. The Morgan fingerprint density at radius 2 is 0.792 bits per heavy atom. The second-order valence-electron chi connectivity index (χ2n) is 24.3. The monoisotopic (exact) mass is 1670 g/mol. The van der Waals surface area contributed by atoms with Crippen molar-refractivity contribution in [2.75, 3.05) is 84.6 Å². The molecule has 8 aliphatic carbocycles. The molecule has 0 fully saturated rings. The number of hydrogen-bond donors (Lipinski definition) is 26. The van der Waals surface area contributed by atoms with Gasteiger partial charge in [-0.1, -0.05) is 97.2 Å². The number of nitrogens with two attached hydrogens (primary N) is 16. The largest absolute Gasteiger partial charge is 0.370 e. The molecule has 1 heterocycles. The first-order valence-corrected chi connectivity index (χ1v) is 37.0. The molecule has 1 aromatic rings. The number of rotatable bonds is 9. The Morgan fingerprint density at radius 1 is 0.383 bits per heavy atom. The van der Waals surface area contributed by atoms with Crippen LogP contribution in [0.15, 0.2) is 269 Å². The number of likely N-dealkylation sites (N-methyl/N-ethyl adjacent to an activating group) is 4. The highest BCUT2D eigenvalue weighted by atomic mass is 32.1. The van der Waals surface area contributed by atoms with Crippen LogP contribution in [-0.2, 0) is 0 Å². The summed E-state index contributed by atoms with van der Waals surface area (Å²) in [7, 11) is 20.5. The third-order valence-electron chi connectivity index (χ3n) is 15.0. The maximum absolute atomic E-state index is 7.75. The topological polar surface area (TPSA) is 779 Å². The lowest BCUT2D eigenvalue weighted by atomic mass is 10.4. The summed E-state index contributed by atoms with van der Waals surface area (Å²) < 4.78 is 0. The smallest absolute Gasteiger partial charge is 0.226 e. The maximum Gasteiger partial charge on any atom is 0.226 e. The predicted molar refractivity (Wildman–Crippen MR) is 498 cm³/mol. The van der Waals surface area contributed by atoms with E-state index in [4.69, 9.17) is 124 Å². The lowest BCUT2D eigenvalue weighted by Gasteiger charge is -2.26. The first kappa shape index (κ1) is 102. The van der Waals surface area contributed by atoms with E-state index in [0.717, 1.165) is 102 Å². The second kappa shape index (κ2) is 56.4. The van der Waals surface area contributed by atoms with Gasteiger partial charge in [0.25, 0.3) is 0 Å². The number of aliphatic imine (C=N–C) groups is 12. The van der Waals surface area contributed by atoms with E-state index in [1.165, 1.54) is 21.1 Å². The first-order valence-electron chi connectivity index (χ1n) is 36.1. The van der Waals surface area contributed by atoms with Crippen molar-refractivity contribution in [2.24, 2.45) is 152 Å². The van der Waals surface area contributed by atoms with E-state index in [1.54, 1.807) is 97.1 Å². The first-order chi connectivity index (χ1) is 56.8. The van der Waals surface area contributed by atoms with Gasteiger partial charge >= 0.3 is 0 Å². The lowest BCUT2D eigenvalue weighted by molar-refractivity contribution is 0.539. The SMILES string of the molecule is CN(C(=N)N)C(=N)N(C)C1=CCC=C1.CN(C(=N)N)C(N)=NC1=CCC=C1.CN(C)C(N)=NC(N)=Nc1cccs1.CN(C1=CCC=C1)C(N)=NC(=N)N.CN=C(N)NC(=N)N(C)C1=CCC=C1.CN=C(N)NC(N)=NC1=CCC=C1.CN=C(NC(=N)N)N(C)C1=CCC=C1.CNC(N=C(N)N)=NC1=CCC=C1.NC(N)=NC(N)=NC1=CCC=C1. The zero-order valence-corrected chi connectivity index (χ0v) is 70.7. The van der Waals surface area contributed by atoms with Crippen molar-refractivity contribution in [3.63, 3.8) is 0 Å². The molecule has 0 saturated heterocycles. The summed E-state index contributed by atoms with van der Waals surface area (Å²) in [5, 5.41) is 57.3. The van der Waals surface area contributed by atoms with E-state index in [9.17, 15) is 0 Å². The number of nitrogens with zero attached hydrogens (tertiary/aromatic N) is 19. The Bertz CT molecular complexity index is 4560. The molecule has 42 N–H and O–H groups in total. The molecule has 0 atom stereocenters. The van der Waals surface area contributed by atoms with Crippen LogP contribution in [0.5, 0.6) is 0 Å². The Hall–Kier alpha value is -15.8. The Balaban J connectivity index is 0.000000675. The van der Waals surface area contributed by atoms with Gasteiger partial charge in [-0.15, -0.1) is 11.3 Å². The van der Waals surface area contributed by atoms with E-state index >= 15 is 0 Å². The fourth-order valence-electron chi connectivity index (χ4n) is 8.65. The molecule has 45 nitrogen and oxygen atoms in total. The van der Waals surface area contributed by atoms with Gasteiger partial charge < -0.3 is 122 Å². The lowest BCUT2D eigenvalue weighted by Crippen LogP contribution is -2.44. The second-order valence-corrected chi connectivity index (χ2v) is 25.2. The molecule has 0 amide bonds. The molecule has 0 bridgehead atoms. The van der Waals surface area contributed by atoms with Gasteiger partial charge in [-0.2, -0.15) is 20.0 Å². The summed E-state index contributed by atoms with van der Waals surface area (Å²) in [6.45, 7) is 0. The van der Waals surface area contributed by atoms with Crippen LogP contribution in [0.4, 0.5) is 5.00 Å². The van der Waals surface area contributed by atoms with E-state index in [0.29, 0.717) is 17.9 Å². The number of guanidine groups is 18. The van der Waals surface area contributed by atoms with Crippen molar-refractivity contribution in [3.05, 3.63) is 209 Å². The van der Waals surface area contributed by atoms with E-state index < -0.39 is 0 Å². The minimum Gasteiger partial charge on any atom is -0.370 e. The van der Waals surface area contributed by atoms with E-state index in [2.05, 4.69) is 93.3 Å². The van der Waals surface area contributed by atoms with Gasteiger partial charge in [0.2, 0.25) is 59.6 Å². The van der Waals surface area contributed by atoms with Gasteiger partial charge in [-0.05, 0) is 117 Å². The summed E-state index contributed by atoms with van der Waals surface area (Å²) in [4.78, 5) is 57.8. The highest BCUT2D eigenvalue weighted by molar-refractivity contribution is 7.13. The third kappa shape index (κ3) is 43.5. The van der Waals surface area contributed by atoms with Crippen LogP contribution < -0.4 is 113 Å². The predicted octanol–water partition coefficient (Wildman–Crippen LogP) is 0.271. The van der Waals surface area contributed by atoms with Gasteiger partial charge in [0.15, 0.2) is 47.7 Å². The zero-order chi connectivity index (χ0) is 90.4. The molecule has 0 saturated carbocycles. The molecule has 0 spiro atoms. The van der Waals surface area contributed by atoms with Crippen LogP contribution in [0, 0.1) is 32.5 Å². The van der Waals surface area contributed by atoms with Crippen molar-refractivity contribution in [3.8, 4) is 0 Å². The average molecular weight is 1670 g/mol. The molecular weight excluding hydrogens is 1550 g/mol. The van der Waals surface area contributed by atoms with Crippen molar-refractivity contribution in [2.45, 2.75) is 51.4 Å². The van der Waals surface area contributed by atoms with Gasteiger partial charge in [-0.25, -0.2) is 25.0 Å². The molecule has 1 aromatic heterocycles. The molecule has 46 heteroatoms. The minimum absolute atomic E-state index is 0.00400. The molecular formula is C74H121N45S. The quantitative estimate of drug-likeness (QED) is 0.117. The fraction of sp³-hybridized carbons (Fsp3) is 0.270. The average Bonchev–Trinajstić information content (AvgIpc) is 1.60. The van der Waals surface area contributed by atoms with Gasteiger partial charge in [0.05, 0.1) is 22.8 Å². The highest BCUT2D eigenvalue weighted by Gasteiger charge is 2.17. The van der Waals surface area contributed by atoms with Gasteiger partial charge in [0, 0.05) is 107 Å². The fourth-order valence-corrected chi connectivity index (χ4v) is 9.25. The molecule has 120 heavy (non-hydrogen) atoms. The minimum atomic E-state index is -0.285. The van der Waals surface area contributed by atoms with Crippen molar-refractivity contribution in [1.29, 1.82) is 32.5 Å². The van der Waals surface area contributed by atoms with Crippen LogP contribution in [-0.4, -0.2) is 226 Å². The molecule has 8 aliphatic rings. The molecule has 0 aliphatic heterocycles. The number of hydrogen-bond acceptors (Lipinski definition) is 15. The van der Waals surface area contributed by atoms with Crippen molar-refractivity contribution >= 4 is 124 Å². The third-order valence-corrected chi connectivity index (χ3v) is 15.8. The Morgan fingerprint density at radius 3 is 1.17 bits per heavy atom. The van der Waals surface area contributed by atoms with Crippen LogP contribution in [0.2, 0.25) is 0 Å². The van der Waals surface area contributed by atoms with Crippen LogP contribution in [0.1, 0.15) is 51.4 Å². The summed E-state index contributed by atoms with van der Waals surface area (Å²) in [5.41, 5.74) is 92.8. The summed E-state index contributed by atoms with van der Waals surface area (Å²) >= 11 is 1.50. The standard InChI is InChI=1S/3C9H15N5.C8H13N5S.4C8H13N5.C7H11N5/c1-12-8(10)13-9(11)14(2)7-5-3-4-6-7;1-13(7-5-3-4-6-7)9(12)14(2)8(10)11;1-12-9(13-8(10)11)14(2)7-5-3-4-6-7;1-13(2)8(10)12-7(9)11-6-4-3-5-14-6;1-11-7(9)13-8(10)12-6-4-2-3-5-6;1-13(6-4-2-3-5-6)8(11)12-7(9)10;1-13(7(9)10)8(11)12-6-4-2-3-5-6;1-11-8(13-7(9)10)12-6-4-2-3-5-6;8-6(9)12-7(10)11-5-3-1-2-4-5/h3,5-6H,4H2,1-2H3,(H4,10,11,12,13);3,5-6,12H,4H2,1-2H3,(H3,10,11);3,5-6H,4H2,1-2H3,(H4,10,11,12,13);3-5H,1-2H3,(H4,9,10,11,12);2,4-5H,3H2,1H3,(H5,9,10,11,12,13);2,4-5H,3H2,1H3,(H5,9,10,11,12);2,4-5H,3H2,1H3,(H3,9,10)(H2,11,12);2,4-5H,3H2,1H3,(H5,9,10,11,12,13);1,3-4H,2H2,(H6,8,9,10,11,12). The molecule has 0 radical (unpaired) electrons. The Labute approximate surface area is 704 Å². The van der Waals surface area contributed by atoms with Crippen molar-refractivity contribution < 1.29 is 0 Å². The van der Waals surface area contributed by atoms with Crippen LogP contribution in [0.3, 0.4) is 0 Å². The zero-order valence-electron chi connectivity index (χ0n) is 69.9. The summed E-state index contributed by atoms with van der Waals surface area (Å²) in [5.74, 6) is 2.42. The van der Waals surface area contributed by atoms with E-state index in [1.807, 2.05) is 163 Å². The number of thiophene rings is 1.